The number of hydrogen-bond donors (Lipinski definition) is 2. The van der Waals surface area contributed by atoms with Crippen LogP contribution in [0, 0.1) is 10.5 Å². The molecule has 0 atom stereocenters. The highest BCUT2D eigenvalue weighted by Crippen LogP contribution is 2.26. The van der Waals surface area contributed by atoms with Crippen molar-refractivity contribution >= 4 is 34.0 Å². The molecule has 3 aromatic rings. The van der Waals surface area contributed by atoms with Gasteiger partial charge in [0, 0.05) is 9.26 Å². The maximum atomic E-state index is 11.8. The van der Waals surface area contributed by atoms with Crippen LogP contribution in [0.4, 0.5) is 11.4 Å². The van der Waals surface area contributed by atoms with Crippen molar-refractivity contribution in [3.8, 4) is 5.69 Å². The molecule has 0 spiro atoms. The van der Waals surface area contributed by atoms with E-state index in [4.69, 9.17) is 0 Å². The van der Waals surface area contributed by atoms with Crippen LogP contribution in [0.1, 0.15) is 5.56 Å². The molecule has 0 aliphatic rings. The molecule has 0 saturated carbocycles. The van der Waals surface area contributed by atoms with E-state index in [0.29, 0.717) is 0 Å². The van der Waals surface area contributed by atoms with Crippen LogP contribution in [0.3, 0.4) is 0 Å². The van der Waals surface area contributed by atoms with Crippen molar-refractivity contribution in [1.29, 1.82) is 0 Å². The van der Waals surface area contributed by atoms with Crippen LogP contribution in [0.2, 0.25) is 0 Å². The third-order valence-corrected chi connectivity index (χ3v) is 3.84. The second-order valence-corrected chi connectivity index (χ2v) is 5.88. The first-order valence-electron chi connectivity index (χ1n) is 6.40. The summed E-state index contributed by atoms with van der Waals surface area (Å²) in [6, 6.07) is 13.8. The standard InChI is InChI=1S/C15H13IN4O/c1-10-8-11(16)6-7-12(10)18-13-4-2-3-5-14(13)20-9-17-19-15(20)21/h2-9,18H,1H3,(H,19,21). The van der Waals surface area contributed by atoms with Crippen LogP contribution in [-0.2, 0) is 0 Å². The second-order valence-electron chi connectivity index (χ2n) is 4.63. The SMILES string of the molecule is Cc1cc(I)ccc1Nc1ccccc1-n1cn[nH]c1=O. The molecule has 0 unspecified atom stereocenters. The molecule has 1 heterocycles. The van der Waals surface area contributed by atoms with Crippen molar-refractivity contribution < 1.29 is 0 Å². The summed E-state index contributed by atoms with van der Waals surface area (Å²) in [7, 11) is 0. The van der Waals surface area contributed by atoms with Gasteiger partial charge in [0.15, 0.2) is 0 Å². The van der Waals surface area contributed by atoms with Gasteiger partial charge in [-0.25, -0.2) is 14.5 Å². The Morgan fingerprint density at radius 2 is 2.00 bits per heavy atom. The van der Waals surface area contributed by atoms with Crippen molar-refractivity contribution in [3.63, 3.8) is 0 Å². The molecule has 2 N–H and O–H groups in total. The molecular weight excluding hydrogens is 379 g/mol. The van der Waals surface area contributed by atoms with Crippen molar-refractivity contribution in [2.24, 2.45) is 0 Å². The molecule has 2 aromatic carbocycles. The number of anilines is 2. The molecule has 0 bridgehead atoms. The Morgan fingerprint density at radius 3 is 2.71 bits per heavy atom. The highest BCUT2D eigenvalue weighted by molar-refractivity contribution is 14.1. The Bertz CT molecular complexity index is 837. The number of halogens is 1. The Balaban J connectivity index is 2.04. The number of benzene rings is 2. The van der Waals surface area contributed by atoms with Crippen molar-refractivity contribution in [1.82, 2.24) is 14.8 Å². The van der Waals surface area contributed by atoms with E-state index < -0.39 is 0 Å². The number of nitrogens with one attached hydrogen (secondary N) is 2. The van der Waals surface area contributed by atoms with Gasteiger partial charge >= 0.3 is 5.69 Å². The first-order chi connectivity index (χ1) is 10.1. The lowest BCUT2D eigenvalue weighted by Crippen LogP contribution is -2.15. The zero-order chi connectivity index (χ0) is 14.8. The molecule has 106 valence electrons. The number of aryl methyl sites for hydroxylation is 1. The summed E-state index contributed by atoms with van der Waals surface area (Å²) in [5.41, 5.74) is 3.51. The Hall–Kier alpha value is -2.09. The average Bonchev–Trinajstić information content (AvgIpc) is 2.89. The number of hydrogen-bond acceptors (Lipinski definition) is 3. The highest BCUT2D eigenvalue weighted by atomic mass is 127. The van der Waals surface area contributed by atoms with Gasteiger partial charge < -0.3 is 5.32 Å². The third kappa shape index (κ3) is 2.85. The summed E-state index contributed by atoms with van der Waals surface area (Å²) in [6.07, 6.45) is 1.48. The van der Waals surface area contributed by atoms with Gasteiger partial charge in [-0.1, -0.05) is 12.1 Å². The van der Waals surface area contributed by atoms with E-state index in [2.05, 4.69) is 51.1 Å². The monoisotopic (exact) mass is 392 g/mol. The van der Waals surface area contributed by atoms with Crippen LogP contribution < -0.4 is 11.0 Å². The van der Waals surface area contributed by atoms with E-state index in [1.807, 2.05) is 36.4 Å². The van der Waals surface area contributed by atoms with Crippen LogP contribution in [0.15, 0.2) is 53.6 Å². The van der Waals surface area contributed by atoms with E-state index >= 15 is 0 Å². The Kier molecular flexibility index (Phi) is 3.78. The number of para-hydroxylation sites is 2. The Morgan fingerprint density at radius 1 is 1.19 bits per heavy atom. The zero-order valence-corrected chi connectivity index (χ0v) is 13.5. The fourth-order valence-corrected chi connectivity index (χ4v) is 2.77. The lowest BCUT2D eigenvalue weighted by Gasteiger charge is -2.13. The van der Waals surface area contributed by atoms with Gasteiger partial charge in [0.1, 0.15) is 6.33 Å². The second kappa shape index (κ2) is 5.72. The molecule has 6 heteroatoms. The van der Waals surface area contributed by atoms with Gasteiger partial charge in [0.05, 0.1) is 11.4 Å². The molecule has 0 aliphatic heterocycles. The van der Waals surface area contributed by atoms with E-state index in [9.17, 15) is 4.79 Å². The van der Waals surface area contributed by atoms with E-state index in [0.717, 1.165) is 22.6 Å². The maximum Gasteiger partial charge on any atom is 0.347 e. The minimum atomic E-state index is -0.261. The molecule has 0 amide bonds. The molecule has 0 radical (unpaired) electrons. The topological polar surface area (TPSA) is 62.7 Å². The fourth-order valence-electron chi connectivity index (χ4n) is 2.12. The van der Waals surface area contributed by atoms with Gasteiger partial charge in [-0.2, -0.15) is 5.10 Å². The molecule has 0 aliphatic carbocycles. The summed E-state index contributed by atoms with van der Waals surface area (Å²) in [5, 5.41) is 9.56. The predicted molar refractivity (Wildman–Crippen MR) is 91.4 cm³/mol. The van der Waals surface area contributed by atoms with E-state index in [1.165, 1.54) is 14.5 Å². The first kappa shape index (κ1) is 13.9. The van der Waals surface area contributed by atoms with Crippen LogP contribution in [0.25, 0.3) is 5.69 Å². The summed E-state index contributed by atoms with van der Waals surface area (Å²) in [6.45, 7) is 2.05. The average molecular weight is 392 g/mol. The molecule has 5 nitrogen and oxygen atoms in total. The van der Waals surface area contributed by atoms with Gasteiger partial charge in [-0.3, -0.25) is 0 Å². The molecule has 0 fully saturated rings. The van der Waals surface area contributed by atoms with Gasteiger partial charge in [0.2, 0.25) is 0 Å². The van der Waals surface area contributed by atoms with Crippen molar-refractivity contribution in [3.05, 3.63) is 68.4 Å². The fraction of sp³-hybridized carbons (Fsp3) is 0.0667. The Labute approximate surface area is 135 Å². The predicted octanol–water partition coefficient (Wildman–Crippen LogP) is 3.22. The summed E-state index contributed by atoms with van der Waals surface area (Å²) < 4.78 is 2.67. The molecule has 1 aromatic heterocycles. The van der Waals surface area contributed by atoms with Gasteiger partial charge in [-0.15, -0.1) is 0 Å². The number of nitrogens with zero attached hydrogens (tertiary/aromatic N) is 2. The van der Waals surface area contributed by atoms with Crippen molar-refractivity contribution in [2.45, 2.75) is 6.92 Å². The summed E-state index contributed by atoms with van der Waals surface area (Å²) in [5.74, 6) is 0. The van der Waals surface area contributed by atoms with Gasteiger partial charge in [0.25, 0.3) is 0 Å². The van der Waals surface area contributed by atoms with Crippen LogP contribution in [0.5, 0.6) is 0 Å². The highest BCUT2D eigenvalue weighted by Gasteiger charge is 2.08. The largest absolute Gasteiger partial charge is 0.354 e. The summed E-state index contributed by atoms with van der Waals surface area (Å²) in [4.78, 5) is 11.8. The van der Waals surface area contributed by atoms with E-state index in [-0.39, 0.29) is 5.69 Å². The molecule has 0 saturated heterocycles. The normalized spacial score (nSPS) is 10.6. The quantitative estimate of drug-likeness (QED) is 0.673. The lowest BCUT2D eigenvalue weighted by molar-refractivity contribution is 0.984. The van der Waals surface area contributed by atoms with E-state index in [1.54, 1.807) is 0 Å². The van der Waals surface area contributed by atoms with Crippen LogP contribution in [-0.4, -0.2) is 14.8 Å². The first-order valence-corrected chi connectivity index (χ1v) is 7.47. The number of aromatic amines is 1. The number of rotatable bonds is 3. The summed E-state index contributed by atoms with van der Waals surface area (Å²) >= 11 is 2.29. The maximum absolute atomic E-state index is 11.8. The smallest absolute Gasteiger partial charge is 0.347 e. The zero-order valence-electron chi connectivity index (χ0n) is 11.3. The minimum absolute atomic E-state index is 0.261. The lowest BCUT2D eigenvalue weighted by atomic mass is 10.2. The third-order valence-electron chi connectivity index (χ3n) is 3.17. The molecule has 21 heavy (non-hydrogen) atoms. The molecular formula is C15H13IN4O. The minimum Gasteiger partial charge on any atom is -0.354 e. The van der Waals surface area contributed by atoms with Crippen molar-refractivity contribution in [2.75, 3.05) is 5.32 Å². The van der Waals surface area contributed by atoms with Crippen LogP contribution >= 0.6 is 22.6 Å². The molecule has 3 rings (SSSR count). The van der Waals surface area contributed by atoms with Gasteiger partial charge in [-0.05, 0) is 65.4 Å². The number of aromatic nitrogens is 3. The number of H-pyrrole nitrogens is 1.